The number of benzene rings is 2. The van der Waals surface area contributed by atoms with E-state index in [1.807, 2.05) is 30.3 Å². The zero-order chi connectivity index (χ0) is 19.8. The van der Waals surface area contributed by atoms with Gasteiger partial charge in [-0.2, -0.15) is 0 Å². The smallest absolute Gasteiger partial charge is 0.319 e. The van der Waals surface area contributed by atoms with Gasteiger partial charge in [-0.05, 0) is 23.6 Å². The molecule has 0 spiro atoms. The average molecular weight is 369 g/mol. The molecule has 3 amide bonds. The Kier molecular flexibility index (Phi) is 7.23. The van der Waals surface area contributed by atoms with Gasteiger partial charge in [-0.3, -0.25) is 4.79 Å². The molecule has 0 fully saturated rings. The van der Waals surface area contributed by atoms with Crippen molar-refractivity contribution in [1.82, 2.24) is 10.2 Å². The van der Waals surface area contributed by atoms with Crippen molar-refractivity contribution in [3.8, 4) is 5.75 Å². The number of nitrogens with one attached hydrogen (secondary N) is 2. The van der Waals surface area contributed by atoms with Gasteiger partial charge in [0.2, 0.25) is 0 Å². The van der Waals surface area contributed by atoms with Gasteiger partial charge in [-0.15, -0.1) is 0 Å². The Morgan fingerprint density at radius 3 is 2.37 bits per heavy atom. The summed E-state index contributed by atoms with van der Waals surface area (Å²) in [6.45, 7) is 4.08. The fourth-order valence-electron chi connectivity index (χ4n) is 2.54. The third-order valence-corrected chi connectivity index (χ3v) is 4.06. The normalized spacial score (nSPS) is 11.6. The van der Waals surface area contributed by atoms with E-state index >= 15 is 0 Å². The summed E-state index contributed by atoms with van der Waals surface area (Å²) in [5, 5.41) is 5.84. The Morgan fingerprint density at radius 2 is 1.74 bits per heavy atom. The second-order valence-electron chi connectivity index (χ2n) is 6.84. The molecule has 2 aromatic rings. The molecule has 0 bridgehead atoms. The first-order chi connectivity index (χ1) is 12.9. The Balaban J connectivity index is 1.98. The molecule has 6 nitrogen and oxygen atoms in total. The number of amides is 3. The zero-order valence-electron chi connectivity index (χ0n) is 16.2. The number of hydrogen-bond donors (Lipinski definition) is 2. The molecule has 0 aliphatic rings. The van der Waals surface area contributed by atoms with Crippen LogP contribution in [-0.2, 0) is 4.79 Å². The summed E-state index contributed by atoms with van der Waals surface area (Å²) in [4.78, 5) is 25.5. The number of likely N-dealkylation sites (N-methyl/N-ethyl adjacent to an activating group) is 1. The third kappa shape index (κ3) is 6.33. The van der Waals surface area contributed by atoms with Crippen LogP contribution in [0.3, 0.4) is 0 Å². The average Bonchev–Trinajstić information content (AvgIpc) is 2.64. The molecule has 0 radical (unpaired) electrons. The van der Waals surface area contributed by atoms with Gasteiger partial charge in [0, 0.05) is 25.8 Å². The second-order valence-corrected chi connectivity index (χ2v) is 6.84. The molecule has 1 atom stereocenters. The van der Waals surface area contributed by atoms with Gasteiger partial charge in [0.05, 0.1) is 6.04 Å². The van der Waals surface area contributed by atoms with E-state index in [4.69, 9.17) is 4.74 Å². The summed E-state index contributed by atoms with van der Waals surface area (Å²) in [6.07, 6.45) is 0. The van der Waals surface area contributed by atoms with Crippen LogP contribution in [0.2, 0.25) is 0 Å². The van der Waals surface area contributed by atoms with E-state index in [1.165, 1.54) is 4.90 Å². The number of anilines is 1. The van der Waals surface area contributed by atoms with Gasteiger partial charge in [0.1, 0.15) is 5.75 Å². The van der Waals surface area contributed by atoms with Gasteiger partial charge in [-0.1, -0.05) is 50.2 Å². The van der Waals surface area contributed by atoms with Crippen LogP contribution in [0.25, 0.3) is 0 Å². The lowest BCUT2D eigenvalue weighted by molar-refractivity contribution is -0.130. The summed E-state index contributed by atoms with van der Waals surface area (Å²) in [6, 6.07) is 16.5. The maximum absolute atomic E-state index is 12.4. The van der Waals surface area contributed by atoms with E-state index in [9.17, 15) is 9.59 Å². The van der Waals surface area contributed by atoms with E-state index in [0.717, 1.165) is 5.56 Å². The minimum atomic E-state index is -0.293. The number of urea groups is 1. The van der Waals surface area contributed by atoms with Crippen molar-refractivity contribution in [2.75, 3.05) is 26.0 Å². The number of carbonyl (C=O) groups excluding carboxylic acids is 2. The Hall–Kier alpha value is -3.02. The van der Waals surface area contributed by atoms with Gasteiger partial charge >= 0.3 is 6.03 Å². The number of hydrogen-bond acceptors (Lipinski definition) is 3. The minimum Gasteiger partial charge on any atom is -0.484 e. The molecule has 0 heterocycles. The first-order valence-corrected chi connectivity index (χ1v) is 8.92. The van der Waals surface area contributed by atoms with E-state index < -0.39 is 0 Å². The van der Waals surface area contributed by atoms with Gasteiger partial charge < -0.3 is 20.3 Å². The van der Waals surface area contributed by atoms with Crippen LogP contribution in [0.4, 0.5) is 10.5 Å². The molecule has 144 valence electrons. The predicted molar refractivity (Wildman–Crippen MR) is 107 cm³/mol. The molecule has 0 saturated heterocycles. The van der Waals surface area contributed by atoms with Crippen LogP contribution in [0.1, 0.15) is 25.5 Å². The largest absolute Gasteiger partial charge is 0.484 e. The molecule has 1 unspecified atom stereocenters. The molecule has 0 aliphatic carbocycles. The minimum absolute atomic E-state index is 0.0495. The lowest BCUT2D eigenvalue weighted by Crippen LogP contribution is -2.35. The standard InChI is InChI=1S/C21H27N3O3/c1-15(2)20(16-9-6-5-7-10-16)23-21(26)22-17-11-8-12-18(13-17)27-14-19(25)24(3)4/h5-13,15,20H,14H2,1-4H3,(H2,22,23,26). The van der Waals surface area contributed by atoms with Crippen molar-refractivity contribution in [2.24, 2.45) is 5.92 Å². The number of rotatable bonds is 7. The topological polar surface area (TPSA) is 70.7 Å². The monoisotopic (exact) mass is 369 g/mol. The van der Waals surface area contributed by atoms with E-state index in [-0.39, 0.29) is 30.5 Å². The highest BCUT2D eigenvalue weighted by Gasteiger charge is 2.18. The zero-order valence-corrected chi connectivity index (χ0v) is 16.2. The molecule has 0 aliphatic heterocycles. The first kappa shape index (κ1) is 20.3. The van der Waals surface area contributed by atoms with Crippen LogP contribution in [0.15, 0.2) is 54.6 Å². The summed E-state index contributed by atoms with van der Waals surface area (Å²) in [5.41, 5.74) is 1.65. The highest BCUT2D eigenvalue weighted by molar-refractivity contribution is 5.89. The number of nitrogens with zero attached hydrogens (tertiary/aromatic N) is 1. The van der Waals surface area contributed by atoms with Crippen molar-refractivity contribution >= 4 is 17.6 Å². The van der Waals surface area contributed by atoms with Gasteiger partial charge in [-0.25, -0.2) is 4.79 Å². The summed E-state index contributed by atoms with van der Waals surface area (Å²) in [5.74, 6) is 0.630. The molecular weight excluding hydrogens is 342 g/mol. The highest BCUT2D eigenvalue weighted by Crippen LogP contribution is 2.22. The maximum atomic E-state index is 12.4. The van der Waals surface area contributed by atoms with E-state index in [1.54, 1.807) is 38.4 Å². The Morgan fingerprint density at radius 1 is 1.04 bits per heavy atom. The summed E-state index contributed by atoms with van der Waals surface area (Å²) < 4.78 is 5.48. The third-order valence-electron chi connectivity index (χ3n) is 4.06. The van der Waals surface area contributed by atoms with Crippen LogP contribution in [0, 0.1) is 5.92 Å². The molecule has 2 rings (SSSR count). The van der Waals surface area contributed by atoms with Crippen LogP contribution >= 0.6 is 0 Å². The molecular formula is C21H27N3O3. The molecule has 2 N–H and O–H groups in total. The SMILES string of the molecule is CC(C)C(NC(=O)Nc1cccc(OCC(=O)N(C)C)c1)c1ccccc1. The maximum Gasteiger partial charge on any atom is 0.319 e. The summed E-state index contributed by atoms with van der Waals surface area (Å²) in [7, 11) is 3.35. The second kappa shape index (κ2) is 9.62. The van der Waals surface area contributed by atoms with Crippen LogP contribution in [0.5, 0.6) is 5.75 Å². The van der Waals surface area contributed by atoms with Gasteiger partial charge in [0.25, 0.3) is 5.91 Å². The predicted octanol–water partition coefficient (Wildman–Crippen LogP) is 3.67. The van der Waals surface area contributed by atoms with Crippen molar-refractivity contribution in [2.45, 2.75) is 19.9 Å². The molecule has 27 heavy (non-hydrogen) atoms. The highest BCUT2D eigenvalue weighted by atomic mass is 16.5. The van der Waals surface area contributed by atoms with Crippen LogP contribution in [-0.4, -0.2) is 37.5 Å². The lowest BCUT2D eigenvalue weighted by Gasteiger charge is -2.23. The van der Waals surface area contributed by atoms with Crippen molar-refractivity contribution in [3.63, 3.8) is 0 Å². The number of carbonyl (C=O) groups is 2. The van der Waals surface area contributed by atoms with Crippen LogP contribution < -0.4 is 15.4 Å². The lowest BCUT2D eigenvalue weighted by atomic mass is 9.96. The molecule has 2 aromatic carbocycles. The summed E-state index contributed by atoms with van der Waals surface area (Å²) >= 11 is 0. The quantitative estimate of drug-likeness (QED) is 0.782. The fraction of sp³-hybridized carbons (Fsp3) is 0.333. The Labute approximate surface area is 160 Å². The number of ether oxygens (including phenoxy) is 1. The molecule has 6 heteroatoms. The van der Waals surface area contributed by atoms with E-state index in [0.29, 0.717) is 11.4 Å². The Bertz CT molecular complexity index is 760. The fourth-order valence-corrected chi connectivity index (χ4v) is 2.54. The first-order valence-electron chi connectivity index (χ1n) is 8.92. The van der Waals surface area contributed by atoms with E-state index in [2.05, 4.69) is 24.5 Å². The van der Waals surface area contributed by atoms with Crippen molar-refractivity contribution < 1.29 is 14.3 Å². The van der Waals surface area contributed by atoms with Gasteiger partial charge in [0.15, 0.2) is 6.61 Å². The van der Waals surface area contributed by atoms with Crippen molar-refractivity contribution in [1.29, 1.82) is 0 Å². The molecule has 0 saturated carbocycles. The molecule has 0 aromatic heterocycles. The van der Waals surface area contributed by atoms with Crippen molar-refractivity contribution in [3.05, 3.63) is 60.2 Å².